The average Bonchev–Trinajstić information content (AvgIpc) is 3.72. The molecule has 0 radical (unpaired) electrons. The van der Waals surface area contributed by atoms with E-state index >= 15 is 0 Å². The van der Waals surface area contributed by atoms with Crippen LogP contribution in [0.5, 0.6) is 0 Å². The van der Waals surface area contributed by atoms with Crippen LogP contribution >= 0.6 is 0 Å². The molecule has 1 N–H and O–H groups in total. The molecule has 2 fully saturated rings. The molecule has 0 bridgehead atoms. The zero-order chi connectivity index (χ0) is 25.4. The molecule has 2 aliphatic rings. The Morgan fingerprint density at radius 3 is 2.50 bits per heavy atom. The first-order chi connectivity index (χ1) is 17.3. The first-order valence-corrected chi connectivity index (χ1v) is 12.7. The number of hydrogen-bond acceptors (Lipinski definition) is 6. The first kappa shape index (κ1) is 24.2. The van der Waals surface area contributed by atoms with Crippen molar-refractivity contribution >= 4 is 22.6 Å². The molecule has 1 saturated carbocycles. The average molecular weight is 492 g/mol. The number of H-pyrrole nitrogens is 1. The molecule has 9 nitrogen and oxygen atoms in total. The Bertz CT molecular complexity index is 1380. The van der Waals surface area contributed by atoms with E-state index in [0.29, 0.717) is 24.3 Å². The minimum absolute atomic E-state index is 0.172. The van der Waals surface area contributed by atoms with Gasteiger partial charge in [0, 0.05) is 50.5 Å². The fourth-order valence-corrected chi connectivity index (χ4v) is 4.77. The summed E-state index contributed by atoms with van der Waals surface area (Å²) in [6, 6.07) is 9.95. The number of fused-ring (bicyclic) bond motifs is 1. The molecule has 0 unspecified atom stereocenters. The summed E-state index contributed by atoms with van der Waals surface area (Å²) in [7, 11) is 1.74. The number of morpholine rings is 1. The second-order valence-electron chi connectivity index (χ2n) is 10.3. The molecule has 3 heterocycles. The standard InChI is InChI=1S/C27H33N5O4/c1-17(2)15-32-24-23(25(33)29-27(32)35)21(14-22(28-24)19-6-7-19)26(34)30(3)16-18-4-8-20(9-5-18)31-10-12-36-13-11-31/h4-5,8-9,14,17,19H,6-7,10-13,15-16H2,1-3H3,(H,29,33,35). The van der Waals surface area contributed by atoms with Crippen molar-refractivity contribution in [2.24, 2.45) is 5.92 Å². The van der Waals surface area contributed by atoms with Gasteiger partial charge in [-0.15, -0.1) is 0 Å². The van der Waals surface area contributed by atoms with Crippen molar-refractivity contribution in [3.8, 4) is 0 Å². The van der Waals surface area contributed by atoms with Crippen molar-refractivity contribution < 1.29 is 9.53 Å². The lowest BCUT2D eigenvalue weighted by Gasteiger charge is -2.29. The van der Waals surface area contributed by atoms with Gasteiger partial charge in [-0.2, -0.15) is 0 Å². The van der Waals surface area contributed by atoms with Gasteiger partial charge in [-0.1, -0.05) is 26.0 Å². The van der Waals surface area contributed by atoms with Crippen molar-refractivity contribution in [3.05, 3.63) is 68.0 Å². The van der Waals surface area contributed by atoms with Gasteiger partial charge < -0.3 is 14.5 Å². The number of anilines is 1. The molecular weight excluding hydrogens is 458 g/mol. The predicted octanol–water partition coefficient (Wildman–Crippen LogP) is 2.73. The molecule has 0 atom stereocenters. The summed E-state index contributed by atoms with van der Waals surface area (Å²) in [6.45, 7) is 7.99. The summed E-state index contributed by atoms with van der Waals surface area (Å²) >= 11 is 0. The Labute approximate surface area is 209 Å². The maximum atomic E-state index is 13.7. The van der Waals surface area contributed by atoms with Gasteiger partial charge in [0.25, 0.3) is 11.5 Å². The third-order valence-electron chi connectivity index (χ3n) is 6.82. The highest BCUT2D eigenvalue weighted by molar-refractivity contribution is 6.05. The van der Waals surface area contributed by atoms with Crippen LogP contribution in [0.2, 0.25) is 0 Å². The fraction of sp³-hybridized carbons (Fsp3) is 0.481. The summed E-state index contributed by atoms with van der Waals surface area (Å²) < 4.78 is 6.93. The number of amides is 1. The molecule has 0 spiro atoms. The first-order valence-electron chi connectivity index (χ1n) is 12.7. The number of hydrogen-bond donors (Lipinski definition) is 1. The quantitative estimate of drug-likeness (QED) is 0.546. The molecule has 1 aliphatic carbocycles. The monoisotopic (exact) mass is 491 g/mol. The molecule has 5 rings (SSSR count). The minimum atomic E-state index is -0.573. The van der Waals surface area contributed by atoms with Gasteiger partial charge in [0.1, 0.15) is 0 Å². The van der Waals surface area contributed by atoms with Crippen LogP contribution in [0.4, 0.5) is 5.69 Å². The smallest absolute Gasteiger partial charge is 0.330 e. The Balaban J connectivity index is 1.47. The van der Waals surface area contributed by atoms with Crippen LogP contribution in [0.3, 0.4) is 0 Å². The topological polar surface area (TPSA) is 101 Å². The van der Waals surface area contributed by atoms with Crippen molar-refractivity contribution in [2.45, 2.75) is 45.7 Å². The van der Waals surface area contributed by atoms with Gasteiger partial charge in [0.15, 0.2) is 5.65 Å². The molecule has 190 valence electrons. The largest absolute Gasteiger partial charge is 0.378 e. The molecule has 1 aliphatic heterocycles. The summed E-state index contributed by atoms with van der Waals surface area (Å²) in [5.41, 5.74) is 2.44. The van der Waals surface area contributed by atoms with Crippen molar-refractivity contribution in [3.63, 3.8) is 0 Å². The Morgan fingerprint density at radius 1 is 1.17 bits per heavy atom. The number of nitrogens with one attached hydrogen (secondary N) is 1. The molecule has 9 heteroatoms. The number of benzene rings is 1. The zero-order valence-corrected chi connectivity index (χ0v) is 21.1. The lowest BCUT2D eigenvalue weighted by molar-refractivity contribution is 0.0786. The molecular formula is C27H33N5O4. The summed E-state index contributed by atoms with van der Waals surface area (Å²) in [5.74, 6) is 0.174. The summed E-state index contributed by atoms with van der Waals surface area (Å²) in [5, 5.41) is 0.180. The number of rotatable bonds is 7. The number of aromatic nitrogens is 3. The van der Waals surface area contributed by atoms with E-state index in [1.165, 1.54) is 4.57 Å². The highest BCUT2D eigenvalue weighted by Crippen LogP contribution is 2.40. The Kier molecular flexibility index (Phi) is 6.66. The maximum absolute atomic E-state index is 13.7. The van der Waals surface area contributed by atoms with Gasteiger partial charge in [-0.3, -0.25) is 19.1 Å². The van der Waals surface area contributed by atoms with Gasteiger partial charge in [0.2, 0.25) is 0 Å². The van der Waals surface area contributed by atoms with E-state index in [1.807, 2.05) is 26.0 Å². The van der Waals surface area contributed by atoms with E-state index in [0.717, 1.165) is 56.1 Å². The molecule has 3 aromatic rings. The van der Waals surface area contributed by atoms with Gasteiger partial charge in [-0.05, 0) is 42.5 Å². The van der Waals surface area contributed by atoms with Crippen LogP contribution in [0.15, 0.2) is 39.9 Å². The number of ether oxygens (including phenoxy) is 1. The Hall–Kier alpha value is -3.46. The van der Waals surface area contributed by atoms with Gasteiger partial charge in [0.05, 0.1) is 24.2 Å². The number of pyridine rings is 1. The fourth-order valence-electron chi connectivity index (χ4n) is 4.77. The van der Waals surface area contributed by atoms with Crippen LogP contribution in [0.25, 0.3) is 11.0 Å². The maximum Gasteiger partial charge on any atom is 0.330 e. The molecule has 1 aromatic carbocycles. The SMILES string of the molecule is CC(C)Cn1c(=O)[nH]c(=O)c2c(C(=O)N(C)Cc3ccc(N4CCOCC4)cc3)cc(C3CC3)nc21. The molecule has 1 amide bonds. The normalized spacial score (nSPS) is 16.1. The third-order valence-corrected chi connectivity index (χ3v) is 6.82. The van der Waals surface area contributed by atoms with Crippen LogP contribution in [-0.4, -0.2) is 58.7 Å². The summed E-state index contributed by atoms with van der Waals surface area (Å²) in [6.07, 6.45) is 1.99. The molecule has 36 heavy (non-hydrogen) atoms. The lowest BCUT2D eigenvalue weighted by Crippen LogP contribution is -2.36. The molecule has 2 aromatic heterocycles. The van der Waals surface area contributed by atoms with E-state index in [9.17, 15) is 14.4 Å². The highest BCUT2D eigenvalue weighted by Gasteiger charge is 2.29. The van der Waals surface area contributed by atoms with E-state index < -0.39 is 11.2 Å². The van der Waals surface area contributed by atoms with E-state index in [1.54, 1.807) is 18.0 Å². The molecule has 1 saturated heterocycles. The van der Waals surface area contributed by atoms with Crippen molar-refractivity contribution in [1.82, 2.24) is 19.4 Å². The zero-order valence-electron chi connectivity index (χ0n) is 21.1. The Morgan fingerprint density at radius 2 is 1.86 bits per heavy atom. The second kappa shape index (κ2) is 9.89. The van der Waals surface area contributed by atoms with E-state index in [2.05, 4.69) is 22.0 Å². The van der Waals surface area contributed by atoms with Crippen LogP contribution < -0.4 is 16.1 Å². The van der Waals surface area contributed by atoms with Gasteiger partial charge >= 0.3 is 5.69 Å². The second-order valence-corrected chi connectivity index (χ2v) is 10.3. The lowest BCUT2D eigenvalue weighted by atomic mass is 10.1. The predicted molar refractivity (Wildman–Crippen MR) is 139 cm³/mol. The number of nitrogens with zero attached hydrogens (tertiary/aromatic N) is 4. The van der Waals surface area contributed by atoms with Crippen LogP contribution in [-0.2, 0) is 17.8 Å². The number of aromatic amines is 1. The van der Waals surface area contributed by atoms with E-state index in [4.69, 9.17) is 9.72 Å². The number of carbonyl (C=O) groups is 1. The summed E-state index contributed by atoms with van der Waals surface area (Å²) in [4.78, 5) is 50.3. The number of carbonyl (C=O) groups excluding carboxylic acids is 1. The van der Waals surface area contributed by atoms with Crippen LogP contribution in [0, 0.1) is 5.92 Å². The van der Waals surface area contributed by atoms with Gasteiger partial charge in [-0.25, -0.2) is 9.78 Å². The van der Waals surface area contributed by atoms with E-state index in [-0.39, 0.29) is 23.1 Å². The minimum Gasteiger partial charge on any atom is -0.378 e. The van der Waals surface area contributed by atoms with Crippen LogP contribution in [0.1, 0.15) is 54.2 Å². The highest BCUT2D eigenvalue weighted by atomic mass is 16.5. The van der Waals surface area contributed by atoms with Crippen molar-refractivity contribution in [2.75, 3.05) is 38.3 Å². The third kappa shape index (κ3) is 4.93. The van der Waals surface area contributed by atoms with Crippen molar-refractivity contribution in [1.29, 1.82) is 0 Å².